The van der Waals surface area contributed by atoms with Crippen LogP contribution in [0.2, 0.25) is 0 Å². The predicted octanol–water partition coefficient (Wildman–Crippen LogP) is 28.3. The molecule has 12 rings (SSSR count). The molecule has 12 aromatic rings. The molecule has 566 valence electrons. The molecule has 3 nitrogen and oxygen atoms in total. The Morgan fingerprint density at radius 1 is 0.239 bits per heavy atom. The minimum Gasteiger partial charge on any atom is -0.429 e. The number of alkyl halides is 6. The van der Waals surface area contributed by atoms with Crippen molar-refractivity contribution in [3.05, 3.63) is 339 Å². The van der Waals surface area contributed by atoms with Crippen molar-refractivity contribution < 1.29 is 80.1 Å². The molecule has 0 aliphatic rings. The lowest BCUT2D eigenvalue weighted by atomic mass is 9.97. The lowest BCUT2D eigenvalue weighted by Crippen LogP contribution is -2.25. The summed E-state index contributed by atoms with van der Waals surface area (Å²) >= 11 is 0. The SMILES string of the molecule is C.CCCCCc1ccc(-c2ccc(-c3cc(F)c(C(F)(F)Oc4ccc(C)cc4)c(F)c3)c(F)c2)cc1.CCCCc1ccc(-c2ccc(-c3cc(F)c(C(F)(F)Oc4ccc(C)cc4)c(F)c3)c(F)c2)cc1.CCCc1ccc(-c2ccc(-c3cc(F)c(C(F)(F)Oc4ccc(C)cc4)c(F)c3)c(F)c2)cc1. The van der Waals surface area contributed by atoms with E-state index in [0.29, 0.717) is 53.1 Å². The number of ether oxygens (including phenoxy) is 3. The van der Waals surface area contributed by atoms with Crippen LogP contribution in [0.15, 0.2) is 237 Å². The van der Waals surface area contributed by atoms with Gasteiger partial charge in [0.05, 0.1) is 0 Å². The number of aryl methyl sites for hydroxylation is 6. The zero-order valence-corrected chi connectivity index (χ0v) is 59.8. The van der Waals surface area contributed by atoms with Crippen molar-refractivity contribution in [3.8, 4) is 84.0 Å². The van der Waals surface area contributed by atoms with E-state index in [1.807, 2.05) is 72.8 Å². The highest BCUT2D eigenvalue weighted by molar-refractivity contribution is 5.75. The summed E-state index contributed by atoms with van der Waals surface area (Å²) in [5.74, 6) is -12.1. The largest absolute Gasteiger partial charge is 0.432 e. The zero-order chi connectivity index (χ0) is 77.6. The topological polar surface area (TPSA) is 27.7 Å². The van der Waals surface area contributed by atoms with E-state index in [1.54, 1.807) is 39.0 Å². The first-order chi connectivity index (χ1) is 51.5. The maximum atomic E-state index is 15.0. The van der Waals surface area contributed by atoms with Gasteiger partial charge >= 0.3 is 18.3 Å². The van der Waals surface area contributed by atoms with Crippen molar-refractivity contribution in [2.24, 2.45) is 0 Å². The van der Waals surface area contributed by atoms with E-state index in [0.717, 1.165) is 91.2 Å². The molecule has 0 aromatic heterocycles. The Balaban J connectivity index is 0.000000188. The van der Waals surface area contributed by atoms with Crippen LogP contribution in [0.3, 0.4) is 0 Å². The number of rotatable bonds is 24. The van der Waals surface area contributed by atoms with Gasteiger partial charge in [0.25, 0.3) is 0 Å². The maximum absolute atomic E-state index is 15.0. The summed E-state index contributed by atoms with van der Waals surface area (Å²) in [6, 6.07) is 57.0. The molecule has 0 atom stereocenters. The van der Waals surface area contributed by atoms with Gasteiger partial charge in [0.1, 0.15) is 86.3 Å². The summed E-state index contributed by atoms with van der Waals surface area (Å²) in [7, 11) is 0. The van der Waals surface area contributed by atoms with E-state index in [4.69, 9.17) is 0 Å². The molecule has 0 aliphatic heterocycles. The first-order valence-electron chi connectivity index (χ1n) is 35.1. The standard InChI is InChI=1S/C31H27F5O.C30H25F5O.C29H23F5O.CH4/c1-3-4-5-6-21-9-11-22(12-10-21)23-13-16-26(27(32)17-23)24-18-28(33)30(29(34)19-24)31(35,36)37-25-14-7-20(2)8-15-25;1-3-4-5-20-8-10-21(11-9-20)22-12-15-25(26(31)16-22)23-17-27(32)29(28(33)18-23)30(34,35)36-24-13-6-19(2)7-14-24;1-3-4-19-7-9-20(10-8-19)21-11-14-24(25(30)15-21)22-16-26(31)28(27(32)17-22)29(33,34)35-23-12-5-18(2)6-13-23;/h7-19H,3-6H2,1-2H3;6-18H,3-5H2,1-2H3;5-17H,3-4H2,1-2H3;1H4. The van der Waals surface area contributed by atoms with Gasteiger partial charge in [0.2, 0.25) is 0 Å². The second kappa shape index (κ2) is 36.3. The molecule has 0 unspecified atom stereocenters. The Bertz CT molecular complexity index is 4970. The smallest absolute Gasteiger partial charge is 0.429 e. The van der Waals surface area contributed by atoms with Gasteiger partial charge in [-0.1, -0.05) is 216 Å². The van der Waals surface area contributed by atoms with E-state index >= 15 is 4.39 Å². The summed E-state index contributed by atoms with van der Waals surface area (Å²) in [5, 5.41) is 0. The molecular formula is C91H79F15O3. The van der Waals surface area contributed by atoms with Gasteiger partial charge in [-0.15, -0.1) is 0 Å². The summed E-state index contributed by atoms with van der Waals surface area (Å²) in [5.41, 5.74) is 4.62. The van der Waals surface area contributed by atoms with Crippen molar-refractivity contribution in [2.45, 2.75) is 125 Å². The average molecular weight is 1510 g/mol. The second-order valence-electron chi connectivity index (χ2n) is 26.2. The van der Waals surface area contributed by atoms with Crippen LogP contribution in [0.5, 0.6) is 17.2 Å². The van der Waals surface area contributed by atoms with Gasteiger partial charge in [-0.25, -0.2) is 39.5 Å². The van der Waals surface area contributed by atoms with Crippen LogP contribution in [0.4, 0.5) is 65.9 Å². The third kappa shape index (κ3) is 20.8. The minimum atomic E-state index is -4.27. The quantitative estimate of drug-likeness (QED) is 0.0446. The van der Waals surface area contributed by atoms with Crippen LogP contribution in [0.1, 0.15) is 117 Å². The Labute approximate surface area is 625 Å². The van der Waals surface area contributed by atoms with Crippen LogP contribution in [0.25, 0.3) is 66.8 Å². The maximum Gasteiger partial charge on any atom is 0.432 e. The fraction of sp³-hybridized carbons (Fsp3) is 0.209. The van der Waals surface area contributed by atoms with Crippen LogP contribution < -0.4 is 14.2 Å². The molecule has 0 radical (unpaired) electrons. The third-order valence-corrected chi connectivity index (χ3v) is 17.9. The second-order valence-corrected chi connectivity index (χ2v) is 26.2. The molecule has 18 heteroatoms. The van der Waals surface area contributed by atoms with Gasteiger partial charge in [-0.2, -0.15) is 26.3 Å². The Hall–Kier alpha value is -11.0. The van der Waals surface area contributed by atoms with Crippen molar-refractivity contribution in [2.75, 3.05) is 0 Å². The molecule has 0 aliphatic carbocycles. The van der Waals surface area contributed by atoms with E-state index in [9.17, 15) is 61.5 Å². The Kier molecular flexibility index (Phi) is 27.3. The summed E-state index contributed by atoms with van der Waals surface area (Å²) in [6.45, 7) is 11.6. The molecule has 0 amide bonds. The molecule has 12 aromatic carbocycles. The summed E-state index contributed by atoms with van der Waals surface area (Å²) < 4.78 is 235. The molecule has 0 bridgehead atoms. The first-order valence-corrected chi connectivity index (χ1v) is 35.1. The summed E-state index contributed by atoms with van der Waals surface area (Å²) in [6.07, 6.45) is -3.33. The van der Waals surface area contributed by atoms with E-state index < -0.39 is 87.4 Å². The Morgan fingerprint density at radius 3 is 0.706 bits per heavy atom. The summed E-state index contributed by atoms with van der Waals surface area (Å²) in [4.78, 5) is 0. The lowest BCUT2D eigenvalue weighted by Gasteiger charge is -2.20. The highest BCUT2D eigenvalue weighted by Crippen LogP contribution is 2.43. The Morgan fingerprint density at radius 2 is 0.468 bits per heavy atom. The van der Waals surface area contributed by atoms with Crippen LogP contribution in [0, 0.1) is 73.1 Å². The molecule has 0 heterocycles. The van der Waals surface area contributed by atoms with Crippen molar-refractivity contribution >= 4 is 0 Å². The number of hydrogen-bond acceptors (Lipinski definition) is 3. The fourth-order valence-corrected chi connectivity index (χ4v) is 12.1. The minimum absolute atomic E-state index is 0. The number of halogens is 15. The highest BCUT2D eigenvalue weighted by Gasteiger charge is 2.44. The van der Waals surface area contributed by atoms with Crippen molar-refractivity contribution in [1.29, 1.82) is 0 Å². The highest BCUT2D eigenvalue weighted by atomic mass is 19.3. The molecular weight excluding hydrogens is 1430 g/mol. The van der Waals surface area contributed by atoms with Crippen LogP contribution in [-0.2, 0) is 37.6 Å². The van der Waals surface area contributed by atoms with Crippen LogP contribution in [-0.4, -0.2) is 0 Å². The number of hydrogen-bond donors (Lipinski definition) is 0. The van der Waals surface area contributed by atoms with Gasteiger partial charge in [0, 0.05) is 16.7 Å². The van der Waals surface area contributed by atoms with Crippen LogP contribution >= 0.6 is 0 Å². The molecule has 0 spiro atoms. The van der Waals surface area contributed by atoms with Gasteiger partial charge in [0.15, 0.2) is 0 Å². The molecule has 109 heavy (non-hydrogen) atoms. The van der Waals surface area contributed by atoms with Crippen molar-refractivity contribution in [1.82, 2.24) is 0 Å². The molecule has 0 N–H and O–H groups in total. The normalized spacial score (nSPS) is 11.4. The number of unbranched alkanes of at least 4 members (excludes halogenated alkanes) is 3. The molecule has 0 saturated carbocycles. The predicted molar refractivity (Wildman–Crippen MR) is 401 cm³/mol. The lowest BCUT2D eigenvalue weighted by molar-refractivity contribution is -0.190. The van der Waals surface area contributed by atoms with E-state index in [-0.39, 0.29) is 58.1 Å². The van der Waals surface area contributed by atoms with Gasteiger partial charge in [-0.05, 0) is 211 Å². The third-order valence-electron chi connectivity index (χ3n) is 17.9. The molecule has 0 saturated heterocycles. The monoisotopic (exact) mass is 1500 g/mol. The van der Waals surface area contributed by atoms with E-state index in [2.05, 4.69) is 35.0 Å². The van der Waals surface area contributed by atoms with Gasteiger partial charge in [-0.3, -0.25) is 0 Å². The zero-order valence-electron chi connectivity index (χ0n) is 59.8. The first kappa shape index (κ1) is 82.1. The van der Waals surface area contributed by atoms with Gasteiger partial charge < -0.3 is 14.2 Å². The molecule has 0 fully saturated rings. The fourth-order valence-electron chi connectivity index (χ4n) is 12.1. The number of benzene rings is 12. The van der Waals surface area contributed by atoms with E-state index in [1.165, 1.54) is 126 Å². The average Bonchev–Trinajstić information content (AvgIpc) is 0.785. The van der Waals surface area contributed by atoms with Crippen molar-refractivity contribution in [3.63, 3.8) is 0 Å².